The average molecular weight is 180 g/mol. The number of nitrogens with one attached hydrogen (secondary N) is 1. The summed E-state index contributed by atoms with van der Waals surface area (Å²) in [6, 6.07) is -0.762. The van der Waals surface area contributed by atoms with Crippen LogP contribution < -0.4 is 11.3 Å². The first-order chi connectivity index (χ1) is 6.20. The number of primary amides is 1. The van der Waals surface area contributed by atoms with Crippen LogP contribution in [0.3, 0.4) is 0 Å². The summed E-state index contributed by atoms with van der Waals surface area (Å²) in [5, 5.41) is 8.87. The number of hydrogen-bond acceptors (Lipinski definition) is 5. The van der Waals surface area contributed by atoms with Gasteiger partial charge in [-0.3, -0.25) is 4.79 Å². The first-order valence-electron chi connectivity index (χ1n) is 3.28. The van der Waals surface area contributed by atoms with Gasteiger partial charge < -0.3 is 5.73 Å². The van der Waals surface area contributed by atoms with Crippen LogP contribution in [0.5, 0.6) is 0 Å². The molecule has 66 valence electrons. The molecule has 0 saturated carbocycles. The highest BCUT2D eigenvalue weighted by Gasteiger charge is 2.10. The smallest absolute Gasteiger partial charge is 0.325 e. The zero-order chi connectivity index (χ0) is 9.42. The van der Waals surface area contributed by atoms with Crippen molar-refractivity contribution < 1.29 is 4.79 Å². The lowest BCUT2D eigenvalue weighted by atomic mass is 10.6. The fraction of sp³-hybridized carbons (Fsp3) is 0. The molecule has 0 aliphatic rings. The molecule has 2 rings (SSSR count). The number of fused-ring (bicyclic) bond motifs is 1. The zero-order valence-electron chi connectivity index (χ0n) is 6.26. The minimum absolute atomic E-state index is 0.0359. The summed E-state index contributed by atoms with van der Waals surface area (Å²) in [5.74, 6) is 0. The maximum absolute atomic E-state index is 11.0. The topological polar surface area (TPSA) is 120 Å². The predicted octanol–water partition coefficient (Wildman–Crippen LogP) is -1.56. The zero-order valence-corrected chi connectivity index (χ0v) is 6.26. The van der Waals surface area contributed by atoms with Crippen LogP contribution in [0.2, 0.25) is 0 Å². The summed E-state index contributed by atoms with van der Waals surface area (Å²) in [6.45, 7) is 0. The van der Waals surface area contributed by atoms with E-state index >= 15 is 0 Å². The van der Waals surface area contributed by atoms with Crippen LogP contribution in [-0.2, 0) is 0 Å². The van der Waals surface area contributed by atoms with Crippen LogP contribution in [0.1, 0.15) is 0 Å². The lowest BCUT2D eigenvalue weighted by Gasteiger charge is -1.92. The van der Waals surface area contributed by atoms with Gasteiger partial charge in [0, 0.05) is 0 Å². The Balaban J connectivity index is 2.91. The summed E-state index contributed by atoms with van der Waals surface area (Å²) in [6.07, 6.45) is 1.12. The summed E-state index contributed by atoms with van der Waals surface area (Å²) in [7, 11) is 0. The second-order valence-corrected chi connectivity index (χ2v) is 2.27. The van der Waals surface area contributed by atoms with E-state index in [1.54, 1.807) is 0 Å². The molecule has 0 radical (unpaired) electrons. The molecule has 0 saturated heterocycles. The Morgan fingerprint density at radius 1 is 1.62 bits per heavy atom. The molecule has 8 nitrogen and oxygen atoms in total. The third kappa shape index (κ3) is 0.956. The monoisotopic (exact) mass is 180 g/mol. The van der Waals surface area contributed by atoms with Crippen LogP contribution in [0.4, 0.5) is 4.79 Å². The van der Waals surface area contributed by atoms with Crippen LogP contribution in [0, 0.1) is 0 Å². The quantitative estimate of drug-likeness (QED) is 0.508. The summed E-state index contributed by atoms with van der Waals surface area (Å²) in [5.41, 5.74) is 4.56. The van der Waals surface area contributed by atoms with E-state index in [-0.39, 0.29) is 11.2 Å². The van der Waals surface area contributed by atoms with Crippen LogP contribution in [-0.4, -0.2) is 31.0 Å². The lowest BCUT2D eigenvalue weighted by molar-refractivity contribution is 0.251. The number of carbonyl (C=O) groups excluding carboxylic acids is 1. The molecule has 0 atom stereocenters. The average Bonchev–Trinajstić information content (AvgIpc) is 2.48. The van der Waals surface area contributed by atoms with Crippen molar-refractivity contribution >= 4 is 17.2 Å². The molecule has 0 unspecified atom stereocenters. The summed E-state index contributed by atoms with van der Waals surface area (Å²) < 4.78 is 0.942. The molecular weight excluding hydrogens is 176 g/mol. The van der Waals surface area contributed by atoms with Gasteiger partial charge in [0.05, 0.1) is 0 Å². The second kappa shape index (κ2) is 2.37. The highest BCUT2D eigenvalue weighted by Crippen LogP contribution is 2.00. The molecule has 0 aliphatic carbocycles. The van der Waals surface area contributed by atoms with Crippen molar-refractivity contribution in [3.8, 4) is 0 Å². The minimum Gasteiger partial charge on any atom is -0.351 e. The number of H-pyrrole nitrogens is 1. The van der Waals surface area contributed by atoms with E-state index in [1.807, 2.05) is 0 Å². The Labute approximate surface area is 70.4 Å². The molecule has 8 heteroatoms. The Morgan fingerprint density at radius 3 is 3.08 bits per heavy atom. The standard InChI is InChI=1S/C5H4N6O2/c6-5(13)11-1-7-2-3(11)8-10-9-4(2)12/h1H,(H2,6,13)(H,8,9,12). The Bertz CT molecular complexity index is 525. The first-order valence-corrected chi connectivity index (χ1v) is 3.28. The number of nitrogens with zero attached hydrogens (tertiary/aromatic N) is 4. The largest absolute Gasteiger partial charge is 0.351 e. The highest BCUT2D eigenvalue weighted by molar-refractivity contribution is 5.85. The van der Waals surface area contributed by atoms with Gasteiger partial charge in [-0.25, -0.2) is 19.4 Å². The molecule has 0 fully saturated rings. The molecule has 0 bridgehead atoms. The predicted molar refractivity (Wildman–Crippen MR) is 40.9 cm³/mol. The number of aromatic nitrogens is 5. The molecule has 2 heterocycles. The van der Waals surface area contributed by atoms with Gasteiger partial charge in [-0.05, 0) is 0 Å². The number of carbonyl (C=O) groups is 1. The first kappa shape index (κ1) is 7.40. The van der Waals surface area contributed by atoms with Crippen molar-refractivity contribution in [1.82, 2.24) is 25.0 Å². The van der Waals surface area contributed by atoms with E-state index in [0.29, 0.717) is 0 Å². The number of amides is 1. The fourth-order valence-electron chi connectivity index (χ4n) is 0.930. The van der Waals surface area contributed by atoms with Gasteiger partial charge in [0.2, 0.25) is 0 Å². The number of rotatable bonds is 0. The Hall–Kier alpha value is -2.25. The van der Waals surface area contributed by atoms with Crippen molar-refractivity contribution in [3.63, 3.8) is 0 Å². The highest BCUT2D eigenvalue weighted by atomic mass is 16.2. The van der Waals surface area contributed by atoms with E-state index < -0.39 is 11.6 Å². The molecular formula is C5H4N6O2. The van der Waals surface area contributed by atoms with Gasteiger partial charge in [0.25, 0.3) is 5.56 Å². The third-order valence-corrected chi connectivity index (χ3v) is 1.49. The van der Waals surface area contributed by atoms with Crippen LogP contribution in [0.15, 0.2) is 11.1 Å². The second-order valence-electron chi connectivity index (χ2n) is 2.27. The number of imidazole rings is 1. The van der Waals surface area contributed by atoms with E-state index in [9.17, 15) is 9.59 Å². The number of nitrogens with two attached hydrogens (primary N) is 1. The van der Waals surface area contributed by atoms with Crippen molar-refractivity contribution in [2.45, 2.75) is 0 Å². The van der Waals surface area contributed by atoms with Crippen molar-refractivity contribution in [1.29, 1.82) is 0 Å². The molecule has 13 heavy (non-hydrogen) atoms. The van der Waals surface area contributed by atoms with E-state index in [0.717, 1.165) is 10.9 Å². The van der Waals surface area contributed by atoms with Crippen LogP contribution >= 0.6 is 0 Å². The van der Waals surface area contributed by atoms with E-state index in [1.165, 1.54) is 0 Å². The number of hydrogen-bond donors (Lipinski definition) is 2. The Kier molecular flexibility index (Phi) is 1.35. The van der Waals surface area contributed by atoms with Gasteiger partial charge >= 0.3 is 6.03 Å². The van der Waals surface area contributed by atoms with E-state index in [2.05, 4.69) is 20.4 Å². The minimum atomic E-state index is -0.762. The van der Waals surface area contributed by atoms with Gasteiger partial charge in [0.1, 0.15) is 6.33 Å². The van der Waals surface area contributed by atoms with Gasteiger partial charge in [-0.1, -0.05) is 5.21 Å². The van der Waals surface area contributed by atoms with Crippen molar-refractivity contribution in [2.24, 2.45) is 5.73 Å². The third-order valence-electron chi connectivity index (χ3n) is 1.49. The Morgan fingerprint density at radius 2 is 2.38 bits per heavy atom. The molecule has 2 aromatic heterocycles. The van der Waals surface area contributed by atoms with Gasteiger partial charge in [0.15, 0.2) is 11.2 Å². The molecule has 0 spiro atoms. The normalized spacial score (nSPS) is 10.5. The van der Waals surface area contributed by atoms with Gasteiger partial charge in [-0.2, -0.15) is 0 Å². The van der Waals surface area contributed by atoms with Crippen LogP contribution in [0.25, 0.3) is 11.2 Å². The fourth-order valence-corrected chi connectivity index (χ4v) is 0.930. The maximum atomic E-state index is 11.0. The van der Waals surface area contributed by atoms with E-state index in [4.69, 9.17) is 5.73 Å². The van der Waals surface area contributed by atoms with Crippen molar-refractivity contribution in [3.05, 3.63) is 16.7 Å². The SMILES string of the molecule is NC(=O)n1cnc2c(=O)[nH]nnc21. The van der Waals surface area contributed by atoms with Crippen molar-refractivity contribution in [2.75, 3.05) is 0 Å². The van der Waals surface area contributed by atoms with Gasteiger partial charge in [-0.15, -0.1) is 5.10 Å². The molecule has 0 aliphatic heterocycles. The molecule has 2 aromatic rings. The lowest BCUT2D eigenvalue weighted by Crippen LogP contribution is -2.20. The molecule has 1 amide bonds. The molecule has 3 N–H and O–H groups in total. The number of aromatic amines is 1. The maximum Gasteiger partial charge on any atom is 0.325 e. The summed E-state index contributed by atoms with van der Waals surface area (Å²) >= 11 is 0. The summed E-state index contributed by atoms with van der Waals surface area (Å²) in [4.78, 5) is 25.4. The molecule has 0 aromatic carbocycles.